The highest BCUT2D eigenvalue weighted by Gasteiger charge is 2.12. The van der Waals surface area contributed by atoms with Gasteiger partial charge in [-0.1, -0.05) is 48.3 Å². The number of halogens is 2. The summed E-state index contributed by atoms with van der Waals surface area (Å²) >= 11 is 11.6. The summed E-state index contributed by atoms with van der Waals surface area (Å²) in [7, 11) is 0. The van der Waals surface area contributed by atoms with Crippen molar-refractivity contribution in [1.82, 2.24) is 0 Å². The fraction of sp³-hybridized carbons (Fsp3) is 0.176. The molecule has 0 saturated carbocycles. The molecule has 0 aromatic heterocycles. The second-order valence-corrected chi connectivity index (χ2v) is 5.58. The van der Waals surface area contributed by atoms with Crippen LogP contribution in [0.3, 0.4) is 0 Å². The first-order valence-corrected chi connectivity index (χ1v) is 7.76. The summed E-state index contributed by atoms with van der Waals surface area (Å²) in [5.41, 5.74) is 1.96. The molecule has 0 atom stereocenters. The summed E-state index contributed by atoms with van der Waals surface area (Å²) in [6.45, 7) is 1.62. The maximum absolute atomic E-state index is 11.9. The van der Waals surface area contributed by atoms with E-state index >= 15 is 0 Å². The molecule has 4 nitrogen and oxygen atoms in total. The van der Waals surface area contributed by atoms with Crippen LogP contribution in [0.25, 0.3) is 0 Å². The lowest BCUT2D eigenvalue weighted by molar-refractivity contribution is -0.119. The van der Waals surface area contributed by atoms with Crippen LogP contribution in [0, 0.1) is 0 Å². The van der Waals surface area contributed by atoms with E-state index in [0.29, 0.717) is 10.7 Å². The molecular weight excluding hydrogens is 337 g/mol. The van der Waals surface area contributed by atoms with Gasteiger partial charge in [0.15, 0.2) is 6.61 Å². The third-order valence-electron chi connectivity index (χ3n) is 3.16. The third-order valence-corrected chi connectivity index (χ3v) is 3.90. The highest BCUT2D eigenvalue weighted by atomic mass is 35.5. The van der Waals surface area contributed by atoms with Crippen LogP contribution in [0.15, 0.2) is 42.5 Å². The second-order valence-electron chi connectivity index (χ2n) is 4.76. The first kappa shape index (κ1) is 17.3. The van der Waals surface area contributed by atoms with Gasteiger partial charge in [-0.25, -0.2) is 4.79 Å². The Morgan fingerprint density at radius 3 is 2.52 bits per heavy atom. The van der Waals surface area contributed by atoms with Crippen molar-refractivity contribution in [2.75, 3.05) is 11.9 Å². The first-order valence-electron chi connectivity index (χ1n) is 7.01. The number of esters is 1. The number of anilines is 1. The zero-order valence-electron chi connectivity index (χ0n) is 12.4. The topological polar surface area (TPSA) is 55.4 Å². The summed E-state index contributed by atoms with van der Waals surface area (Å²) in [6, 6.07) is 11.8. The van der Waals surface area contributed by atoms with Gasteiger partial charge in [0.1, 0.15) is 0 Å². The number of para-hydroxylation sites is 1. The predicted octanol–water partition coefficient (Wildman–Crippen LogP) is 4.35. The van der Waals surface area contributed by atoms with Crippen molar-refractivity contribution in [2.24, 2.45) is 0 Å². The molecule has 0 fully saturated rings. The minimum Gasteiger partial charge on any atom is -0.452 e. The predicted molar refractivity (Wildman–Crippen MR) is 91.2 cm³/mol. The second kappa shape index (κ2) is 7.99. The monoisotopic (exact) mass is 351 g/mol. The number of carbonyl (C=O) groups is 2. The molecule has 0 spiro atoms. The molecule has 0 radical (unpaired) electrons. The highest BCUT2D eigenvalue weighted by Crippen LogP contribution is 2.23. The third kappa shape index (κ3) is 4.71. The molecule has 0 aliphatic carbocycles. The number of nitrogens with one attached hydrogen (secondary N) is 1. The van der Waals surface area contributed by atoms with Gasteiger partial charge in [-0.3, -0.25) is 4.79 Å². The van der Waals surface area contributed by atoms with Crippen molar-refractivity contribution in [3.63, 3.8) is 0 Å². The Balaban J connectivity index is 1.93. The zero-order chi connectivity index (χ0) is 16.8. The number of aryl methyl sites for hydroxylation is 1. The van der Waals surface area contributed by atoms with E-state index in [1.807, 2.05) is 25.1 Å². The van der Waals surface area contributed by atoms with Gasteiger partial charge in [0.25, 0.3) is 5.91 Å². The molecule has 6 heteroatoms. The first-order chi connectivity index (χ1) is 11.0. The van der Waals surface area contributed by atoms with Gasteiger partial charge >= 0.3 is 5.97 Å². The average molecular weight is 352 g/mol. The lowest BCUT2D eigenvalue weighted by atomic mass is 10.1. The van der Waals surface area contributed by atoms with E-state index in [0.717, 1.165) is 12.0 Å². The molecule has 1 amide bonds. The van der Waals surface area contributed by atoms with Gasteiger partial charge in [0.05, 0.1) is 15.6 Å². The summed E-state index contributed by atoms with van der Waals surface area (Å²) in [5, 5.41) is 3.32. The van der Waals surface area contributed by atoms with Gasteiger partial charge in [0, 0.05) is 5.69 Å². The van der Waals surface area contributed by atoms with E-state index in [1.165, 1.54) is 18.2 Å². The summed E-state index contributed by atoms with van der Waals surface area (Å²) in [4.78, 5) is 23.8. The van der Waals surface area contributed by atoms with Crippen molar-refractivity contribution in [3.05, 3.63) is 63.6 Å². The number of benzene rings is 2. The van der Waals surface area contributed by atoms with Crippen molar-refractivity contribution in [2.45, 2.75) is 13.3 Å². The van der Waals surface area contributed by atoms with Crippen LogP contribution in [0.2, 0.25) is 10.0 Å². The van der Waals surface area contributed by atoms with E-state index < -0.39 is 11.9 Å². The van der Waals surface area contributed by atoms with Crippen LogP contribution in [-0.2, 0) is 16.0 Å². The zero-order valence-corrected chi connectivity index (χ0v) is 13.9. The lowest BCUT2D eigenvalue weighted by Crippen LogP contribution is -2.21. The van der Waals surface area contributed by atoms with Crippen LogP contribution >= 0.6 is 23.2 Å². The quantitative estimate of drug-likeness (QED) is 0.814. The number of hydrogen-bond donors (Lipinski definition) is 1. The van der Waals surface area contributed by atoms with Gasteiger partial charge in [-0.15, -0.1) is 0 Å². The Morgan fingerprint density at radius 1 is 1.09 bits per heavy atom. The van der Waals surface area contributed by atoms with E-state index in [1.54, 1.807) is 6.07 Å². The van der Waals surface area contributed by atoms with E-state index in [9.17, 15) is 9.59 Å². The van der Waals surface area contributed by atoms with E-state index in [4.69, 9.17) is 27.9 Å². The summed E-state index contributed by atoms with van der Waals surface area (Å²) < 4.78 is 4.98. The van der Waals surface area contributed by atoms with Gasteiger partial charge in [-0.05, 0) is 36.2 Å². The Bertz CT molecular complexity index is 732. The molecule has 0 aliphatic heterocycles. The van der Waals surface area contributed by atoms with Gasteiger partial charge in [-0.2, -0.15) is 0 Å². The molecule has 2 rings (SSSR count). The fourth-order valence-corrected chi connectivity index (χ4v) is 2.27. The molecule has 0 bridgehead atoms. The summed E-state index contributed by atoms with van der Waals surface area (Å²) in [6.07, 6.45) is 0.791. The van der Waals surface area contributed by atoms with Crippen LogP contribution in [0.1, 0.15) is 22.8 Å². The number of rotatable bonds is 5. The average Bonchev–Trinajstić information content (AvgIpc) is 2.55. The molecule has 0 heterocycles. The molecule has 23 heavy (non-hydrogen) atoms. The SMILES string of the molecule is CCc1ccccc1NC(=O)COC(=O)c1ccc(Cl)c(Cl)c1. The molecule has 0 unspecified atom stereocenters. The van der Waals surface area contributed by atoms with Crippen LogP contribution in [0.4, 0.5) is 5.69 Å². The smallest absolute Gasteiger partial charge is 0.338 e. The number of carbonyl (C=O) groups excluding carboxylic acids is 2. The van der Waals surface area contributed by atoms with Crippen molar-refractivity contribution >= 4 is 40.8 Å². The minimum absolute atomic E-state index is 0.237. The van der Waals surface area contributed by atoms with Crippen LogP contribution < -0.4 is 5.32 Å². The Kier molecular flexibility index (Phi) is 6.02. The van der Waals surface area contributed by atoms with Gasteiger partial charge in [0.2, 0.25) is 0 Å². The Morgan fingerprint density at radius 2 is 1.83 bits per heavy atom. The molecule has 2 aromatic rings. The normalized spacial score (nSPS) is 10.2. The maximum atomic E-state index is 11.9. The van der Waals surface area contributed by atoms with Crippen molar-refractivity contribution in [3.8, 4) is 0 Å². The van der Waals surface area contributed by atoms with Gasteiger partial charge < -0.3 is 10.1 Å². The fourth-order valence-electron chi connectivity index (χ4n) is 1.97. The standard InChI is InChI=1S/C17H15Cl2NO3/c1-2-11-5-3-4-6-15(11)20-16(21)10-23-17(22)12-7-8-13(18)14(19)9-12/h3-9H,2,10H2,1H3,(H,20,21). The maximum Gasteiger partial charge on any atom is 0.338 e. The van der Waals surface area contributed by atoms with Crippen LogP contribution in [0.5, 0.6) is 0 Å². The molecule has 1 N–H and O–H groups in total. The van der Waals surface area contributed by atoms with E-state index in [2.05, 4.69) is 5.32 Å². The molecular formula is C17H15Cl2NO3. The molecule has 120 valence electrons. The number of amides is 1. The number of ether oxygens (including phenoxy) is 1. The lowest BCUT2D eigenvalue weighted by Gasteiger charge is -2.10. The Hall–Kier alpha value is -2.04. The molecule has 2 aromatic carbocycles. The van der Waals surface area contributed by atoms with Crippen LogP contribution in [-0.4, -0.2) is 18.5 Å². The van der Waals surface area contributed by atoms with Crippen molar-refractivity contribution in [1.29, 1.82) is 0 Å². The number of hydrogen-bond acceptors (Lipinski definition) is 3. The minimum atomic E-state index is -0.637. The molecule has 0 saturated heterocycles. The highest BCUT2D eigenvalue weighted by molar-refractivity contribution is 6.42. The Labute approximate surface area is 144 Å². The van der Waals surface area contributed by atoms with E-state index in [-0.39, 0.29) is 17.2 Å². The van der Waals surface area contributed by atoms with Crippen molar-refractivity contribution < 1.29 is 14.3 Å². The molecule has 0 aliphatic rings. The largest absolute Gasteiger partial charge is 0.452 e. The summed E-state index contributed by atoms with van der Waals surface area (Å²) in [5.74, 6) is -1.04.